The summed E-state index contributed by atoms with van der Waals surface area (Å²) in [7, 11) is 0. The third kappa shape index (κ3) is 3.16. The van der Waals surface area contributed by atoms with E-state index in [9.17, 15) is 9.59 Å². The SMILES string of the molecule is C=CCC(NC(=O)c1cnc(C)s1)C(=O)O. The molecule has 1 aromatic heterocycles. The third-order valence-electron chi connectivity index (χ3n) is 1.85. The second kappa shape index (κ2) is 5.41. The molecule has 1 atom stereocenters. The highest BCUT2D eigenvalue weighted by Crippen LogP contribution is 2.11. The predicted molar refractivity (Wildman–Crippen MR) is 60.6 cm³/mol. The smallest absolute Gasteiger partial charge is 0.326 e. The number of nitrogens with zero attached hydrogens (tertiary/aromatic N) is 1. The molecule has 0 aromatic carbocycles. The van der Waals surface area contributed by atoms with Crippen molar-refractivity contribution in [1.29, 1.82) is 0 Å². The van der Waals surface area contributed by atoms with Gasteiger partial charge in [0.25, 0.3) is 5.91 Å². The van der Waals surface area contributed by atoms with Crippen LogP contribution in [-0.2, 0) is 4.79 Å². The van der Waals surface area contributed by atoms with E-state index in [0.29, 0.717) is 4.88 Å². The van der Waals surface area contributed by atoms with Crippen LogP contribution < -0.4 is 5.32 Å². The largest absolute Gasteiger partial charge is 0.480 e. The minimum atomic E-state index is -1.07. The average Bonchev–Trinajstić information content (AvgIpc) is 2.64. The molecule has 5 nitrogen and oxygen atoms in total. The summed E-state index contributed by atoms with van der Waals surface area (Å²) in [4.78, 5) is 26.7. The molecule has 0 saturated heterocycles. The van der Waals surface area contributed by atoms with Crippen LogP contribution in [0.5, 0.6) is 0 Å². The topological polar surface area (TPSA) is 79.3 Å². The van der Waals surface area contributed by atoms with Crippen LogP contribution in [-0.4, -0.2) is 28.0 Å². The van der Waals surface area contributed by atoms with Crippen molar-refractivity contribution < 1.29 is 14.7 Å². The maximum Gasteiger partial charge on any atom is 0.326 e. The fourth-order valence-electron chi connectivity index (χ4n) is 1.08. The molecule has 0 radical (unpaired) electrons. The first kappa shape index (κ1) is 12.4. The highest BCUT2D eigenvalue weighted by atomic mass is 32.1. The normalized spacial score (nSPS) is 11.8. The molecule has 0 fully saturated rings. The molecule has 0 bridgehead atoms. The number of hydrogen-bond acceptors (Lipinski definition) is 4. The zero-order chi connectivity index (χ0) is 12.1. The van der Waals surface area contributed by atoms with Crippen molar-refractivity contribution in [3.63, 3.8) is 0 Å². The number of aliphatic carboxylic acids is 1. The van der Waals surface area contributed by atoms with Gasteiger partial charge in [0.15, 0.2) is 0 Å². The molecule has 1 aromatic rings. The molecule has 1 heterocycles. The monoisotopic (exact) mass is 240 g/mol. The first-order chi connectivity index (χ1) is 7.54. The lowest BCUT2D eigenvalue weighted by molar-refractivity contribution is -0.139. The Morgan fingerprint density at radius 1 is 1.75 bits per heavy atom. The van der Waals surface area contributed by atoms with E-state index in [2.05, 4.69) is 16.9 Å². The summed E-state index contributed by atoms with van der Waals surface area (Å²) in [5.74, 6) is -1.49. The summed E-state index contributed by atoms with van der Waals surface area (Å²) in [6.07, 6.45) is 3.08. The van der Waals surface area contributed by atoms with Crippen LogP contribution in [0.25, 0.3) is 0 Å². The summed E-state index contributed by atoms with van der Waals surface area (Å²) in [5.41, 5.74) is 0. The fourth-order valence-corrected chi connectivity index (χ4v) is 1.76. The third-order valence-corrected chi connectivity index (χ3v) is 2.76. The Morgan fingerprint density at radius 3 is 2.88 bits per heavy atom. The van der Waals surface area contributed by atoms with E-state index < -0.39 is 17.9 Å². The Bertz CT molecular complexity index is 414. The summed E-state index contributed by atoms with van der Waals surface area (Å²) < 4.78 is 0. The molecule has 0 aliphatic rings. The van der Waals surface area contributed by atoms with E-state index in [1.165, 1.54) is 23.6 Å². The number of amides is 1. The summed E-state index contributed by atoms with van der Waals surface area (Å²) in [6, 6.07) is -0.938. The van der Waals surface area contributed by atoms with E-state index in [0.717, 1.165) is 5.01 Å². The van der Waals surface area contributed by atoms with Gasteiger partial charge in [-0.2, -0.15) is 0 Å². The molecular weight excluding hydrogens is 228 g/mol. The van der Waals surface area contributed by atoms with Crippen molar-refractivity contribution >= 4 is 23.2 Å². The highest BCUT2D eigenvalue weighted by Gasteiger charge is 2.20. The van der Waals surface area contributed by atoms with Gasteiger partial charge >= 0.3 is 5.97 Å². The molecule has 1 amide bonds. The lowest BCUT2D eigenvalue weighted by Gasteiger charge is -2.10. The van der Waals surface area contributed by atoms with Crippen LogP contribution >= 0.6 is 11.3 Å². The minimum absolute atomic E-state index is 0.193. The number of aromatic nitrogens is 1. The van der Waals surface area contributed by atoms with Crippen LogP contribution in [0, 0.1) is 6.92 Å². The van der Waals surface area contributed by atoms with Crippen molar-refractivity contribution in [1.82, 2.24) is 10.3 Å². The molecule has 2 N–H and O–H groups in total. The van der Waals surface area contributed by atoms with Crippen molar-refractivity contribution in [2.75, 3.05) is 0 Å². The fraction of sp³-hybridized carbons (Fsp3) is 0.300. The van der Waals surface area contributed by atoms with Crippen LogP contribution in [0.4, 0.5) is 0 Å². The van der Waals surface area contributed by atoms with Crippen molar-refractivity contribution in [2.45, 2.75) is 19.4 Å². The molecule has 0 spiro atoms. The number of carbonyl (C=O) groups is 2. The van der Waals surface area contributed by atoms with Gasteiger partial charge in [-0.15, -0.1) is 17.9 Å². The Balaban J connectivity index is 2.68. The highest BCUT2D eigenvalue weighted by molar-refractivity contribution is 7.13. The second-order valence-corrected chi connectivity index (χ2v) is 4.37. The number of hydrogen-bond donors (Lipinski definition) is 2. The zero-order valence-corrected chi connectivity index (χ0v) is 9.58. The number of rotatable bonds is 5. The number of thiazole rings is 1. The van der Waals surface area contributed by atoms with Gasteiger partial charge in [-0.1, -0.05) is 6.08 Å². The van der Waals surface area contributed by atoms with Crippen molar-refractivity contribution in [3.05, 3.63) is 28.7 Å². The molecular formula is C10H12N2O3S. The molecule has 1 unspecified atom stereocenters. The van der Waals surface area contributed by atoms with Gasteiger partial charge in [0.1, 0.15) is 10.9 Å². The first-order valence-corrected chi connectivity index (χ1v) is 5.43. The zero-order valence-electron chi connectivity index (χ0n) is 8.77. The predicted octanol–water partition coefficient (Wildman–Crippen LogP) is 1.21. The van der Waals surface area contributed by atoms with Gasteiger partial charge in [0, 0.05) is 0 Å². The second-order valence-electron chi connectivity index (χ2n) is 3.13. The lowest BCUT2D eigenvalue weighted by Crippen LogP contribution is -2.40. The maximum atomic E-state index is 11.6. The van der Waals surface area contributed by atoms with Crippen LogP contribution in [0.15, 0.2) is 18.9 Å². The molecule has 0 aliphatic carbocycles. The van der Waals surface area contributed by atoms with E-state index in [1.54, 1.807) is 6.92 Å². The number of carbonyl (C=O) groups excluding carboxylic acids is 1. The standard InChI is InChI=1S/C10H12N2O3S/c1-3-4-7(10(14)15)12-9(13)8-5-11-6(2)16-8/h3,5,7H,1,4H2,2H3,(H,12,13)(H,14,15). The van der Waals surface area contributed by atoms with Gasteiger partial charge in [0.05, 0.1) is 11.2 Å². The number of aryl methyl sites for hydroxylation is 1. The summed E-state index contributed by atoms with van der Waals surface area (Å²) in [5, 5.41) is 12.0. The van der Waals surface area contributed by atoms with Crippen LogP contribution in [0.1, 0.15) is 21.1 Å². The Kier molecular flexibility index (Phi) is 4.19. The van der Waals surface area contributed by atoms with Gasteiger partial charge < -0.3 is 10.4 Å². The molecule has 1 rings (SSSR count). The molecule has 86 valence electrons. The Morgan fingerprint density at radius 2 is 2.44 bits per heavy atom. The van der Waals surface area contributed by atoms with Gasteiger partial charge in [-0.3, -0.25) is 4.79 Å². The Hall–Kier alpha value is -1.69. The number of nitrogens with one attached hydrogen (secondary N) is 1. The van der Waals surface area contributed by atoms with E-state index in [1.807, 2.05) is 0 Å². The van der Waals surface area contributed by atoms with Gasteiger partial charge in [-0.25, -0.2) is 9.78 Å². The van der Waals surface area contributed by atoms with E-state index >= 15 is 0 Å². The van der Waals surface area contributed by atoms with E-state index in [-0.39, 0.29) is 6.42 Å². The molecule has 6 heteroatoms. The maximum absolute atomic E-state index is 11.6. The van der Waals surface area contributed by atoms with Gasteiger partial charge in [-0.05, 0) is 13.3 Å². The number of carboxylic acids is 1. The van der Waals surface area contributed by atoms with E-state index in [4.69, 9.17) is 5.11 Å². The molecule has 16 heavy (non-hydrogen) atoms. The average molecular weight is 240 g/mol. The Labute approximate surface area is 96.8 Å². The summed E-state index contributed by atoms with van der Waals surface area (Å²) >= 11 is 1.23. The minimum Gasteiger partial charge on any atom is -0.480 e. The van der Waals surface area contributed by atoms with Gasteiger partial charge in [0.2, 0.25) is 0 Å². The summed E-state index contributed by atoms with van der Waals surface area (Å²) in [6.45, 7) is 5.22. The molecule has 0 aliphatic heterocycles. The van der Waals surface area contributed by atoms with Crippen molar-refractivity contribution in [2.24, 2.45) is 0 Å². The quantitative estimate of drug-likeness (QED) is 0.758. The number of carboxylic acid groups (broad SMARTS) is 1. The molecule has 0 saturated carbocycles. The lowest BCUT2D eigenvalue weighted by atomic mass is 10.2. The van der Waals surface area contributed by atoms with Crippen molar-refractivity contribution in [3.8, 4) is 0 Å². The van der Waals surface area contributed by atoms with Crippen LogP contribution in [0.3, 0.4) is 0 Å². The van der Waals surface area contributed by atoms with Crippen LogP contribution in [0.2, 0.25) is 0 Å². The first-order valence-electron chi connectivity index (χ1n) is 4.61.